The first kappa shape index (κ1) is 12.6. The second kappa shape index (κ2) is 5.56. The number of aromatic hydroxyl groups is 1. The maximum absolute atomic E-state index is 9.59. The molecule has 5 heteroatoms. The van der Waals surface area contributed by atoms with Crippen LogP contribution in [0.2, 0.25) is 10.0 Å². The Morgan fingerprint density at radius 3 is 2.67 bits per heavy atom. The van der Waals surface area contributed by atoms with Gasteiger partial charge < -0.3 is 15.5 Å². The van der Waals surface area contributed by atoms with Crippen molar-refractivity contribution in [1.29, 1.82) is 0 Å². The van der Waals surface area contributed by atoms with Crippen molar-refractivity contribution in [2.45, 2.75) is 19.6 Å². The highest BCUT2D eigenvalue weighted by Crippen LogP contribution is 2.30. The van der Waals surface area contributed by atoms with E-state index in [2.05, 4.69) is 5.32 Å². The molecule has 0 aliphatic rings. The zero-order valence-corrected chi connectivity index (χ0v) is 9.81. The highest BCUT2D eigenvalue weighted by atomic mass is 35.5. The van der Waals surface area contributed by atoms with E-state index >= 15 is 0 Å². The van der Waals surface area contributed by atoms with E-state index in [0.717, 1.165) is 0 Å². The number of rotatable bonds is 4. The van der Waals surface area contributed by atoms with Crippen molar-refractivity contribution in [1.82, 2.24) is 5.32 Å². The average molecular weight is 250 g/mol. The number of nitrogens with one attached hydrogen (secondary N) is 1. The Bertz CT molecular complexity index is 342. The van der Waals surface area contributed by atoms with Gasteiger partial charge in [0.25, 0.3) is 0 Å². The molecule has 0 aliphatic carbocycles. The van der Waals surface area contributed by atoms with E-state index in [1.807, 2.05) is 0 Å². The quantitative estimate of drug-likeness (QED) is 0.767. The molecule has 0 radical (unpaired) electrons. The molecule has 3 nitrogen and oxygen atoms in total. The van der Waals surface area contributed by atoms with Crippen LogP contribution in [-0.4, -0.2) is 22.9 Å². The summed E-state index contributed by atoms with van der Waals surface area (Å²) in [6.45, 7) is 2.54. The van der Waals surface area contributed by atoms with Crippen LogP contribution in [0.15, 0.2) is 12.1 Å². The van der Waals surface area contributed by atoms with Crippen LogP contribution in [-0.2, 0) is 6.54 Å². The van der Waals surface area contributed by atoms with Crippen molar-refractivity contribution in [2.24, 2.45) is 0 Å². The molecule has 0 saturated carbocycles. The predicted molar refractivity (Wildman–Crippen MR) is 61.5 cm³/mol. The molecule has 3 N–H and O–H groups in total. The van der Waals surface area contributed by atoms with Crippen LogP contribution in [0.5, 0.6) is 5.75 Å². The lowest BCUT2D eigenvalue weighted by atomic mass is 10.2. The van der Waals surface area contributed by atoms with Crippen LogP contribution in [0.4, 0.5) is 0 Å². The third kappa shape index (κ3) is 3.87. The van der Waals surface area contributed by atoms with Crippen LogP contribution in [0.25, 0.3) is 0 Å². The molecule has 1 atom stereocenters. The predicted octanol–water partition coefficient (Wildman–Crippen LogP) is 2.17. The van der Waals surface area contributed by atoms with Crippen LogP contribution in [0.3, 0.4) is 0 Å². The first-order valence-electron chi connectivity index (χ1n) is 4.56. The van der Waals surface area contributed by atoms with E-state index in [-0.39, 0.29) is 10.8 Å². The number of aliphatic hydroxyl groups excluding tert-OH is 1. The number of benzene rings is 1. The molecule has 0 spiro atoms. The van der Waals surface area contributed by atoms with Crippen molar-refractivity contribution in [3.63, 3.8) is 0 Å². The van der Waals surface area contributed by atoms with E-state index in [1.54, 1.807) is 13.0 Å². The van der Waals surface area contributed by atoms with Gasteiger partial charge >= 0.3 is 0 Å². The second-order valence-corrected chi connectivity index (χ2v) is 4.22. The van der Waals surface area contributed by atoms with Crippen molar-refractivity contribution in [3.8, 4) is 5.75 Å². The van der Waals surface area contributed by atoms with Gasteiger partial charge in [-0.15, -0.1) is 0 Å². The Morgan fingerprint density at radius 2 is 2.07 bits per heavy atom. The summed E-state index contributed by atoms with van der Waals surface area (Å²) in [5, 5.41) is 22.3. The molecule has 0 aromatic heterocycles. The van der Waals surface area contributed by atoms with Gasteiger partial charge in [-0.1, -0.05) is 23.2 Å². The number of hydrogen-bond donors (Lipinski definition) is 3. The third-order valence-corrected chi connectivity index (χ3v) is 2.37. The number of aliphatic hydroxyl groups is 1. The zero-order chi connectivity index (χ0) is 11.4. The Hall–Kier alpha value is -0.480. The standard InChI is InChI=1S/C10H13Cl2NO2/c1-6(14)4-13-5-7-2-8(11)3-9(12)10(7)15/h2-3,6,13-15H,4-5H2,1H3. The van der Waals surface area contributed by atoms with Gasteiger partial charge in [0.2, 0.25) is 0 Å². The topological polar surface area (TPSA) is 52.5 Å². The lowest BCUT2D eigenvalue weighted by molar-refractivity contribution is 0.191. The van der Waals surface area contributed by atoms with Crippen LogP contribution < -0.4 is 5.32 Å². The molecule has 15 heavy (non-hydrogen) atoms. The maximum atomic E-state index is 9.59. The number of halogens is 2. The van der Waals surface area contributed by atoms with Gasteiger partial charge in [0.1, 0.15) is 5.75 Å². The maximum Gasteiger partial charge on any atom is 0.138 e. The fourth-order valence-corrected chi connectivity index (χ4v) is 1.71. The Morgan fingerprint density at radius 1 is 1.40 bits per heavy atom. The molecule has 0 heterocycles. The molecule has 0 aliphatic heterocycles. The monoisotopic (exact) mass is 249 g/mol. The summed E-state index contributed by atoms with van der Waals surface area (Å²) in [5.41, 5.74) is 0.619. The van der Waals surface area contributed by atoms with E-state index in [9.17, 15) is 5.11 Å². The minimum atomic E-state index is -0.429. The lowest BCUT2D eigenvalue weighted by Crippen LogP contribution is -2.23. The third-order valence-electron chi connectivity index (χ3n) is 1.86. The van der Waals surface area contributed by atoms with E-state index < -0.39 is 6.10 Å². The van der Waals surface area contributed by atoms with Crippen molar-refractivity contribution in [3.05, 3.63) is 27.7 Å². The molecule has 84 valence electrons. The fraction of sp³-hybridized carbons (Fsp3) is 0.400. The Balaban J connectivity index is 2.68. The summed E-state index contributed by atoms with van der Waals surface area (Å²) >= 11 is 11.5. The molecular formula is C10H13Cl2NO2. The summed E-state index contributed by atoms with van der Waals surface area (Å²) in [5.74, 6) is 0.0270. The molecule has 1 aromatic rings. The molecule has 1 aromatic carbocycles. The SMILES string of the molecule is CC(O)CNCc1cc(Cl)cc(Cl)c1O. The normalized spacial score (nSPS) is 12.8. The summed E-state index contributed by atoms with van der Waals surface area (Å²) in [7, 11) is 0. The summed E-state index contributed by atoms with van der Waals surface area (Å²) < 4.78 is 0. The summed E-state index contributed by atoms with van der Waals surface area (Å²) in [6, 6.07) is 3.12. The smallest absolute Gasteiger partial charge is 0.138 e. The average Bonchev–Trinajstić information content (AvgIpc) is 2.12. The highest BCUT2D eigenvalue weighted by Gasteiger charge is 2.07. The van der Waals surface area contributed by atoms with Gasteiger partial charge in [0.15, 0.2) is 0 Å². The molecule has 0 fully saturated rings. The van der Waals surface area contributed by atoms with Crippen molar-refractivity contribution in [2.75, 3.05) is 6.54 Å². The van der Waals surface area contributed by atoms with Crippen LogP contribution in [0.1, 0.15) is 12.5 Å². The second-order valence-electron chi connectivity index (χ2n) is 3.38. The molecular weight excluding hydrogens is 237 g/mol. The van der Waals surface area contributed by atoms with Gasteiger partial charge in [-0.3, -0.25) is 0 Å². The van der Waals surface area contributed by atoms with Crippen molar-refractivity contribution >= 4 is 23.2 Å². The van der Waals surface area contributed by atoms with Gasteiger partial charge in [0, 0.05) is 23.7 Å². The van der Waals surface area contributed by atoms with Crippen LogP contribution in [0, 0.1) is 0 Å². The lowest BCUT2D eigenvalue weighted by Gasteiger charge is -2.09. The van der Waals surface area contributed by atoms with Crippen LogP contribution >= 0.6 is 23.2 Å². The Labute approximate surface area is 98.6 Å². The minimum Gasteiger partial charge on any atom is -0.506 e. The summed E-state index contributed by atoms with van der Waals surface area (Å²) in [6.07, 6.45) is -0.429. The van der Waals surface area contributed by atoms with E-state index in [1.165, 1.54) is 6.07 Å². The summed E-state index contributed by atoms with van der Waals surface area (Å²) in [4.78, 5) is 0. The molecule has 0 saturated heterocycles. The van der Waals surface area contributed by atoms with E-state index in [0.29, 0.717) is 23.7 Å². The largest absolute Gasteiger partial charge is 0.506 e. The molecule has 1 rings (SSSR count). The van der Waals surface area contributed by atoms with Crippen molar-refractivity contribution < 1.29 is 10.2 Å². The first-order valence-corrected chi connectivity index (χ1v) is 5.32. The molecule has 1 unspecified atom stereocenters. The van der Waals surface area contributed by atoms with Gasteiger partial charge in [-0.2, -0.15) is 0 Å². The minimum absolute atomic E-state index is 0.0270. The zero-order valence-electron chi connectivity index (χ0n) is 8.30. The number of phenols is 1. The van der Waals surface area contributed by atoms with Gasteiger partial charge in [-0.25, -0.2) is 0 Å². The molecule has 0 bridgehead atoms. The van der Waals surface area contributed by atoms with E-state index in [4.69, 9.17) is 28.3 Å². The Kier molecular flexibility index (Phi) is 4.67. The number of hydrogen-bond acceptors (Lipinski definition) is 3. The fourth-order valence-electron chi connectivity index (χ4n) is 1.17. The highest BCUT2D eigenvalue weighted by molar-refractivity contribution is 6.35. The van der Waals surface area contributed by atoms with Gasteiger partial charge in [0.05, 0.1) is 11.1 Å². The number of phenolic OH excluding ortho intramolecular Hbond substituents is 1. The van der Waals surface area contributed by atoms with Gasteiger partial charge in [-0.05, 0) is 19.1 Å². The molecule has 0 amide bonds. The first-order chi connectivity index (χ1) is 7.00.